The lowest BCUT2D eigenvalue weighted by Gasteiger charge is -2.54. The van der Waals surface area contributed by atoms with Crippen LogP contribution in [0.5, 0.6) is 0 Å². The van der Waals surface area contributed by atoms with E-state index in [0.29, 0.717) is 49.8 Å². The standard InChI is InChI=1S/C48H65N9O6S/c1-10-55-38-16-15-30-21-33(38)34(43(55)32-13-11-18-49-41(32)29(4)62-9)23-48(5,6)27-63-46(60)35-14-12-19-57(52-35)45(59)36(22-40-50-37(30)26-64-40)51-44(58)42(28(2)3)54(8)47(61)56-24-31-17-20-53(7)25-39(31)56/h11,13,15-16,18,21,26,28-29,31,35-36,39,42,52H,10,12,14,17,19-20,22-25,27H2,1-9H3,(H,51,58)/t29-,31+,35-,36-,39+,42?/m0/s1. The lowest BCUT2D eigenvalue weighted by molar-refractivity contribution is -0.155. The van der Waals surface area contributed by atoms with Crippen molar-refractivity contribution in [3.63, 3.8) is 0 Å². The van der Waals surface area contributed by atoms with Crippen molar-refractivity contribution in [2.45, 2.75) is 110 Å². The first-order chi connectivity index (χ1) is 30.6. The van der Waals surface area contributed by atoms with E-state index in [1.54, 1.807) is 25.3 Å². The summed E-state index contributed by atoms with van der Waals surface area (Å²) in [5, 5.41) is 8.27. The minimum atomic E-state index is -1.03. The van der Waals surface area contributed by atoms with E-state index < -0.39 is 35.4 Å². The third-order valence-corrected chi connectivity index (χ3v) is 14.6. The van der Waals surface area contributed by atoms with Gasteiger partial charge < -0.3 is 34.1 Å². The Kier molecular flexibility index (Phi) is 13.2. The van der Waals surface area contributed by atoms with Gasteiger partial charge in [0.05, 0.1) is 40.8 Å². The number of hydrazine groups is 1. The second kappa shape index (κ2) is 18.5. The molecule has 344 valence electrons. The number of hydrogen-bond donors (Lipinski definition) is 2. The zero-order valence-electron chi connectivity index (χ0n) is 38.8. The van der Waals surface area contributed by atoms with E-state index in [1.165, 1.54) is 16.3 Å². The molecule has 7 heterocycles. The minimum absolute atomic E-state index is 0.118. The summed E-state index contributed by atoms with van der Waals surface area (Å²) in [6, 6.07) is 7.81. The van der Waals surface area contributed by atoms with E-state index in [0.717, 1.165) is 64.2 Å². The van der Waals surface area contributed by atoms with Crippen LogP contribution in [0.25, 0.3) is 33.4 Å². The molecule has 3 saturated heterocycles. The van der Waals surface area contributed by atoms with Crippen molar-refractivity contribution in [2.75, 3.05) is 54.0 Å². The van der Waals surface area contributed by atoms with Crippen molar-refractivity contribution < 1.29 is 28.7 Å². The molecule has 6 bridgehead atoms. The van der Waals surface area contributed by atoms with Gasteiger partial charge in [-0.25, -0.2) is 15.2 Å². The topological polar surface area (TPSA) is 154 Å². The molecule has 4 amide bonds. The monoisotopic (exact) mass is 895 g/mol. The average Bonchev–Trinajstić information content (AvgIpc) is 3.87. The highest BCUT2D eigenvalue weighted by atomic mass is 32.1. The number of urea groups is 1. The lowest BCUT2D eigenvalue weighted by atomic mass is 9.82. The van der Waals surface area contributed by atoms with Crippen LogP contribution in [0, 0.1) is 17.3 Å². The zero-order chi connectivity index (χ0) is 45.6. The van der Waals surface area contributed by atoms with Crippen LogP contribution in [0.4, 0.5) is 4.79 Å². The van der Waals surface area contributed by atoms with Crippen LogP contribution < -0.4 is 10.7 Å². The molecule has 4 aliphatic heterocycles. The van der Waals surface area contributed by atoms with Crippen molar-refractivity contribution in [2.24, 2.45) is 17.3 Å². The van der Waals surface area contributed by atoms with Crippen LogP contribution in [0.2, 0.25) is 0 Å². The number of aryl methyl sites for hydroxylation is 1. The number of thiazole rings is 1. The van der Waals surface area contributed by atoms with Gasteiger partial charge in [0.1, 0.15) is 18.1 Å². The number of carbonyl (C=O) groups excluding carboxylic acids is 4. The van der Waals surface area contributed by atoms with Gasteiger partial charge in [-0.1, -0.05) is 33.8 Å². The Hall–Kier alpha value is -4.90. The molecule has 6 atom stereocenters. The predicted molar refractivity (Wildman–Crippen MR) is 247 cm³/mol. The second-order valence-corrected chi connectivity index (χ2v) is 20.3. The van der Waals surface area contributed by atoms with Crippen LogP contribution in [-0.2, 0) is 43.2 Å². The van der Waals surface area contributed by atoms with Gasteiger partial charge in [0, 0.05) is 85.8 Å². The number of likely N-dealkylation sites (N-methyl/N-ethyl adjacent to an activating group) is 2. The minimum Gasteiger partial charge on any atom is -0.464 e. The number of pyridine rings is 1. The fourth-order valence-corrected chi connectivity index (χ4v) is 11.1. The number of nitrogens with zero attached hydrogens (tertiary/aromatic N) is 7. The maximum absolute atomic E-state index is 14.6. The SMILES string of the molecule is CCn1c(-c2cccnc2[C@H](C)OC)c2c3cc(ccc31)-c1csc(n1)C[C@H](NC(=O)C(C(C)C)N(C)C(=O)N1C[C@H]3CCN(C)C[C@H]31)C(=O)N1CCC[C@H](N1)C(=O)OCC(C)(C)C2. The third-order valence-electron chi connectivity index (χ3n) is 13.8. The molecule has 4 aromatic rings. The van der Waals surface area contributed by atoms with Crippen molar-refractivity contribution in [1.29, 1.82) is 0 Å². The van der Waals surface area contributed by atoms with E-state index in [4.69, 9.17) is 19.4 Å². The molecule has 16 heteroatoms. The fourth-order valence-electron chi connectivity index (χ4n) is 10.2. The maximum atomic E-state index is 14.6. The van der Waals surface area contributed by atoms with Crippen molar-refractivity contribution in [3.8, 4) is 22.5 Å². The Balaban J connectivity index is 1.16. The van der Waals surface area contributed by atoms with Gasteiger partial charge >= 0.3 is 12.0 Å². The summed E-state index contributed by atoms with van der Waals surface area (Å²) in [5.41, 5.74) is 9.43. The molecule has 0 spiro atoms. The zero-order valence-corrected chi connectivity index (χ0v) is 39.7. The van der Waals surface area contributed by atoms with Gasteiger partial charge in [0.2, 0.25) is 5.91 Å². The molecule has 64 heavy (non-hydrogen) atoms. The Bertz CT molecular complexity index is 2390. The highest BCUT2D eigenvalue weighted by molar-refractivity contribution is 7.10. The number of esters is 1. The number of benzene rings is 1. The number of amides is 4. The van der Waals surface area contributed by atoms with Gasteiger partial charge in [-0.2, -0.15) is 0 Å². The summed E-state index contributed by atoms with van der Waals surface area (Å²) in [6.45, 7) is 15.9. The molecule has 15 nitrogen and oxygen atoms in total. The van der Waals surface area contributed by atoms with Crippen molar-refractivity contribution in [1.82, 2.24) is 45.0 Å². The molecule has 1 unspecified atom stereocenters. The Morgan fingerprint density at radius 3 is 2.67 bits per heavy atom. The van der Waals surface area contributed by atoms with Crippen LogP contribution in [0.3, 0.4) is 0 Å². The first-order valence-corrected chi connectivity index (χ1v) is 23.8. The normalized spacial score (nSPS) is 23.8. The first kappa shape index (κ1) is 45.7. The number of aromatic nitrogens is 3. The Morgan fingerprint density at radius 2 is 1.92 bits per heavy atom. The summed E-state index contributed by atoms with van der Waals surface area (Å²) in [6.07, 6.45) is 4.38. The lowest BCUT2D eigenvalue weighted by Crippen LogP contribution is -2.68. The van der Waals surface area contributed by atoms with Gasteiger partial charge in [-0.15, -0.1) is 11.3 Å². The van der Waals surface area contributed by atoms with Crippen LogP contribution in [-0.4, -0.2) is 136 Å². The van der Waals surface area contributed by atoms with E-state index in [2.05, 4.69) is 72.3 Å². The number of likely N-dealkylation sites (tertiary alicyclic amines) is 2. The number of ether oxygens (including phenoxy) is 2. The summed E-state index contributed by atoms with van der Waals surface area (Å²) in [4.78, 5) is 72.6. The largest absolute Gasteiger partial charge is 0.464 e. The summed E-state index contributed by atoms with van der Waals surface area (Å²) in [7, 11) is 5.45. The number of carbonyl (C=O) groups is 4. The van der Waals surface area contributed by atoms with Gasteiger partial charge in [0.15, 0.2) is 0 Å². The highest BCUT2D eigenvalue weighted by Gasteiger charge is 2.47. The van der Waals surface area contributed by atoms with Gasteiger partial charge in [-0.3, -0.25) is 24.4 Å². The summed E-state index contributed by atoms with van der Waals surface area (Å²) < 4.78 is 14.3. The number of nitrogens with one attached hydrogen (secondary N) is 2. The molecule has 0 saturated carbocycles. The fraction of sp³-hybridized carbons (Fsp3) is 0.583. The van der Waals surface area contributed by atoms with Crippen LogP contribution in [0.15, 0.2) is 41.9 Å². The average molecular weight is 896 g/mol. The molecule has 0 aliphatic carbocycles. The highest BCUT2D eigenvalue weighted by Crippen LogP contribution is 2.42. The molecule has 3 aromatic heterocycles. The molecule has 2 N–H and O–H groups in total. The molecule has 3 fully saturated rings. The summed E-state index contributed by atoms with van der Waals surface area (Å²) in [5.74, 6) is -0.999. The van der Waals surface area contributed by atoms with Gasteiger partial charge in [-0.05, 0) is 94.8 Å². The molecule has 4 aliphatic rings. The number of rotatable bonds is 8. The van der Waals surface area contributed by atoms with Crippen molar-refractivity contribution >= 4 is 46.1 Å². The van der Waals surface area contributed by atoms with E-state index >= 15 is 0 Å². The maximum Gasteiger partial charge on any atom is 0.324 e. The van der Waals surface area contributed by atoms with E-state index in [1.807, 2.05) is 37.1 Å². The molecular weight excluding hydrogens is 831 g/mol. The Labute approximate surface area is 380 Å². The number of methoxy groups -OCH3 is 1. The second-order valence-electron chi connectivity index (χ2n) is 19.4. The number of fused-ring (bicyclic) bond motifs is 7. The molecule has 1 aromatic carbocycles. The Morgan fingerprint density at radius 1 is 1.12 bits per heavy atom. The molecule has 8 rings (SSSR count). The smallest absolute Gasteiger partial charge is 0.324 e. The van der Waals surface area contributed by atoms with Crippen LogP contribution >= 0.6 is 11.3 Å². The molecular formula is C48H65N9O6S. The number of hydrogen-bond acceptors (Lipinski definition) is 11. The van der Waals surface area contributed by atoms with Gasteiger partial charge in [0.25, 0.3) is 5.91 Å². The van der Waals surface area contributed by atoms with E-state index in [9.17, 15) is 19.2 Å². The quantitative estimate of drug-likeness (QED) is 0.204. The molecule has 0 radical (unpaired) electrons. The predicted octanol–water partition coefficient (Wildman–Crippen LogP) is 5.91. The third kappa shape index (κ3) is 8.90. The van der Waals surface area contributed by atoms with Crippen molar-refractivity contribution in [3.05, 3.63) is 58.2 Å². The first-order valence-electron chi connectivity index (χ1n) is 22.9. The van der Waals surface area contributed by atoms with Crippen LogP contribution in [0.1, 0.15) is 83.2 Å². The van der Waals surface area contributed by atoms with E-state index in [-0.39, 0.29) is 43.0 Å². The number of cyclic esters (lactones) is 1. The summed E-state index contributed by atoms with van der Waals surface area (Å²) >= 11 is 1.44. The number of piperidine rings is 1.